The van der Waals surface area contributed by atoms with Crippen LogP contribution in [0.3, 0.4) is 0 Å². The highest BCUT2D eigenvalue weighted by Crippen LogP contribution is 2.42. The van der Waals surface area contributed by atoms with Crippen molar-refractivity contribution in [2.24, 2.45) is 5.92 Å². The van der Waals surface area contributed by atoms with Gasteiger partial charge in [-0.05, 0) is 75.6 Å². The zero-order valence-electron chi connectivity index (χ0n) is 17.8. The quantitative estimate of drug-likeness (QED) is 0.634. The minimum atomic E-state index is -0.0477. The maximum Gasteiger partial charge on any atom is 0.122 e. The molecular weight excluding hydrogens is 346 g/mol. The Morgan fingerprint density at radius 2 is 1.82 bits per heavy atom. The van der Waals surface area contributed by atoms with Gasteiger partial charge in [-0.3, -0.25) is 0 Å². The molecule has 1 aliphatic rings. The third kappa shape index (κ3) is 5.36. The smallest absolute Gasteiger partial charge is 0.122 e. The summed E-state index contributed by atoms with van der Waals surface area (Å²) in [5.41, 5.74) is 2.62. The van der Waals surface area contributed by atoms with Gasteiger partial charge in [-0.1, -0.05) is 48.5 Å². The first-order valence-corrected chi connectivity index (χ1v) is 10.6. The Morgan fingerprint density at radius 3 is 2.54 bits per heavy atom. The first-order valence-electron chi connectivity index (χ1n) is 10.6. The molecule has 1 N–H and O–H groups in total. The average molecular weight is 382 g/mol. The van der Waals surface area contributed by atoms with Gasteiger partial charge in [0.05, 0.1) is 12.7 Å². The number of rotatable bonds is 8. The van der Waals surface area contributed by atoms with Gasteiger partial charge in [0.2, 0.25) is 0 Å². The molecule has 1 saturated heterocycles. The number of benzene rings is 2. The van der Waals surface area contributed by atoms with Gasteiger partial charge in [0.1, 0.15) is 5.75 Å². The number of hydrogen-bond donors (Lipinski definition) is 1. The maximum absolute atomic E-state index is 5.99. The number of ether oxygens (including phenoxy) is 2. The third-order valence-electron chi connectivity index (χ3n) is 6.05. The van der Waals surface area contributed by atoms with Crippen LogP contribution >= 0.6 is 0 Å². The second-order valence-corrected chi connectivity index (χ2v) is 8.58. The molecule has 0 aromatic heterocycles. The topological polar surface area (TPSA) is 30.5 Å². The molecule has 2 aromatic rings. The van der Waals surface area contributed by atoms with Crippen molar-refractivity contribution >= 4 is 0 Å². The molecule has 2 aromatic carbocycles. The molecule has 28 heavy (non-hydrogen) atoms. The number of para-hydroxylation sites is 1. The summed E-state index contributed by atoms with van der Waals surface area (Å²) in [5.74, 6) is 2.08. The molecule has 3 rings (SSSR count). The summed E-state index contributed by atoms with van der Waals surface area (Å²) in [6.07, 6.45) is 3.29. The van der Waals surface area contributed by atoms with E-state index in [1.54, 1.807) is 7.11 Å². The highest BCUT2D eigenvalue weighted by molar-refractivity contribution is 5.37. The molecule has 0 saturated carbocycles. The van der Waals surface area contributed by atoms with E-state index in [0.717, 1.165) is 38.2 Å². The van der Waals surface area contributed by atoms with E-state index in [1.807, 2.05) is 0 Å². The summed E-state index contributed by atoms with van der Waals surface area (Å²) in [6.45, 7) is 8.50. The van der Waals surface area contributed by atoms with Crippen LogP contribution in [0.1, 0.15) is 63.1 Å². The Morgan fingerprint density at radius 1 is 1.11 bits per heavy atom. The van der Waals surface area contributed by atoms with Crippen molar-refractivity contribution in [2.75, 3.05) is 20.3 Å². The molecule has 3 nitrogen and oxygen atoms in total. The Labute approximate surface area is 170 Å². The highest BCUT2D eigenvalue weighted by atomic mass is 16.5. The van der Waals surface area contributed by atoms with Gasteiger partial charge < -0.3 is 14.8 Å². The normalized spacial score (nSPS) is 21.1. The molecule has 0 spiro atoms. The summed E-state index contributed by atoms with van der Waals surface area (Å²) in [5, 5.41) is 3.72. The molecule has 0 amide bonds. The van der Waals surface area contributed by atoms with Crippen LogP contribution in [0, 0.1) is 5.92 Å². The maximum atomic E-state index is 5.99. The molecular formula is C25H35NO2. The summed E-state index contributed by atoms with van der Waals surface area (Å²) < 4.78 is 11.7. The van der Waals surface area contributed by atoms with Gasteiger partial charge in [-0.25, -0.2) is 0 Å². The number of nitrogens with one attached hydrogen (secondary N) is 1. The number of hydrogen-bond acceptors (Lipinski definition) is 3. The fraction of sp³-hybridized carbons (Fsp3) is 0.520. The van der Waals surface area contributed by atoms with Crippen molar-refractivity contribution < 1.29 is 9.47 Å². The molecule has 152 valence electrons. The number of methoxy groups -OCH3 is 1. The molecule has 3 atom stereocenters. The lowest BCUT2D eigenvalue weighted by molar-refractivity contribution is -0.0773. The van der Waals surface area contributed by atoms with E-state index in [0.29, 0.717) is 17.9 Å². The van der Waals surface area contributed by atoms with Crippen molar-refractivity contribution in [1.29, 1.82) is 0 Å². The van der Waals surface area contributed by atoms with Crippen molar-refractivity contribution in [3.63, 3.8) is 0 Å². The van der Waals surface area contributed by atoms with Gasteiger partial charge in [0.25, 0.3) is 0 Å². The van der Waals surface area contributed by atoms with Crippen molar-refractivity contribution in [3.8, 4) is 5.75 Å². The van der Waals surface area contributed by atoms with E-state index in [2.05, 4.69) is 80.7 Å². The lowest BCUT2D eigenvalue weighted by Crippen LogP contribution is -2.37. The molecule has 3 heteroatoms. The molecule has 0 aliphatic carbocycles. The Balaban J connectivity index is 1.73. The van der Waals surface area contributed by atoms with Gasteiger partial charge in [0.15, 0.2) is 0 Å². The SMILES string of the molecule is COc1ccccc1[C@@H](CCN[C@H](C)c1ccccc1)[C@H]1CCOC(C)(C)C1. The molecule has 1 fully saturated rings. The summed E-state index contributed by atoms with van der Waals surface area (Å²) in [6, 6.07) is 19.5. The van der Waals surface area contributed by atoms with E-state index in [4.69, 9.17) is 9.47 Å². The van der Waals surface area contributed by atoms with Crippen molar-refractivity contribution in [3.05, 3.63) is 65.7 Å². The zero-order valence-corrected chi connectivity index (χ0v) is 17.8. The highest BCUT2D eigenvalue weighted by Gasteiger charge is 2.35. The van der Waals surface area contributed by atoms with Gasteiger partial charge in [0, 0.05) is 12.6 Å². The Kier molecular flexibility index (Phi) is 7.14. The van der Waals surface area contributed by atoms with Crippen LogP contribution < -0.4 is 10.1 Å². The fourth-order valence-corrected chi connectivity index (χ4v) is 4.56. The minimum Gasteiger partial charge on any atom is -0.496 e. The fourth-order valence-electron chi connectivity index (χ4n) is 4.56. The lowest BCUT2D eigenvalue weighted by Gasteiger charge is -2.40. The Bertz CT molecular complexity index is 728. The van der Waals surface area contributed by atoms with E-state index in [-0.39, 0.29) is 5.60 Å². The largest absolute Gasteiger partial charge is 0.496 e. The molecule has 0 unspecified atom stereocenters. The van der Waals surface area contributed by atoms with Gasteiger partial charge in [-0.2, -0.15) is 0 Å². The van der Waals surface area contributed by atoms with Crippen LogP contribution in [0.5, 0.6) is 5.75 Å². The van der Waals surface area contributed by atoms with Crippen LogP contribution in [0.2, 0.25) is 0 Å². The molecule has 1 heterocycles. The average Bonchev–Trinajstić information content (AvgIpc) is 2.71. The zero-order chi connectivity index (χ0) is 20.0. The standard InChI is InChI=1S/C25H35NO2/c1-19(20-10-6-5-7-11-20)26-16-14-22(21-15-17-28-25(2,3)18-21)23-12-8-9-13-24(23)27-4/h5-13,19,21-22,26H,14-18H2,1-4H3/t19-,21+,22+/m1/s1. The summed E-state index contributed by atoms with van der Waals surface area (Å²) in [4.78, 5) is 0. The predicted molar refractivity (Wildman–Crippen MR) is 116 cm³/mol. The van der Waals surface area contributed by atoms with Crippen molar-refractivity contribution in [1.82, 2.24) is 5.32 Å². The molecule has 1 aliphatic heterocycles. The monoisotopic (exact) mass is 381 g/mol. The molecule has 0 radical (unpaired) electrons. The lowest BCUT2D eigenvalue weighted by atomic mass is 9.75. The molecule has 0 bridgehead atoms. The first-order chi connectivity index (χ1) is 13.5. The van der Waals surface area contributed by atoms with Crippen LogP contribution in [0.4, 0.5) is 0 Å². The van der Waals surface area contributed by atoms with E-state index in [1.165, 1.54) is 11.1 Å². The van der Waals surface area contributed by atoms with E-state index < -0.39 is 0 Å². The van der Waals surface area contributed by atoms with Gasteiger partial charge >= 0.3 is 0 Å². The first kappa shape index (κ1) is 20.9. The summed E-state index contributed by atoms with van der Waals surface area (Å²) in [7, 11) is 1.78. The van der Waals surface area contributed by atoms with Crippen LogP contribution in [-0.2, 0) is 4.74 Å². The van der Waals surface area contributed by atoms with E-state index >= 15 is 0 Å². The van der Waals surface area contributed by atoms with E-state index in [9.17, 15) is 0 Å². The minimum absolute atomic E-state index is 0.0477. The van der Waals surface area contributed by atoms with Crippen LogP contribution in [0.25, 0.3) is 0 Å². The Hall–Kier alpha value is -1.84. The van der Waals surface area contributed by atoms with Crippen LogP contribution in [-0.4, -0.2) is 25.9 Å². The second kappa shape index (κ2) is 9.58. The summed E-state index contributed by atoms with van der Waals surface area (Å²) >= 11 is 0. The second-order valence-electron chi connectivity index (χ2n) is 8.58. The third-order valence-corrected chi connectivity index (χ3v) is 6.05. The predicted octanol–water partition coefficient (Wildman–Crippen LogP) is 5.72. The van der Waals surface area contributed by atoms with Crippen molar-refractivity contribution in [2.45, 2.75) is 57.6 Å². The van der Waals surface area contributed by atoms with Gasteiger partial charge in [-0.15, -0.1) is 0 Å². The van der Waals surface area contributed by atoms with Crippen LogP contribution in [0.15, 0.2) is 54.6 Å².